The van der Waals surface area contributed by atoms with E-state index in [2.05, 4.69) is 17.0 Å². The summed E-state index contributed by atoms with van der Waals surface area (Å²) in [6, 6.07) is 14.5. The van der Waals surface area contributed by atoms with Crippen LogP contribution in [0.1, 0.15) is 43.7 Å². The van der Waals surface area contributed by atoms with Gasteiger partial charge in [0.2, 0.25) is 5.91 Å². The number of hydrogen-bond donors (Lipinski definition) is 0. The first kappa shape index (κ1) is 18.3. The highest BCUT2D eigenvalue weighted by Gasteiger charge is 2.35. The Labute approximate surface area is 162 Å². The van der Waals surface area contributed by atoms with Gasteiger partial charge in [0.25, 0.3) is 0 Å². The van der Waals surface area contributed by atoms with Crippen LogP contribution in [-0.2, 0) is 4.79 Å². The fourth-order valence-electron chi connectivity index (χ4n) is 5.04. The monoisotopic (exact) mass is 365 g/mol. The van der Waals surface area contributed by atoms with Crippen molar-refractivity contribution in [3.05, 3.63) is 60.4 Å². The van der Waals surface area contributed by atoms with E-state index in [4.69, 9.17) is 0 Å². The van der Waals surface area contributed by atoms with Crippen LogP contribution in [0.3, 0.4) is 0 Å². The standard InChI is InChI=1S/C23H31N3O/c1-24(18-20-12-9-17-25-14-6-5-13-21(20)25)23(27)22(26-15-7-8-16-26)19-10-3-2-4-11-19/h2-4,7-8,10-11,15-16,20-22H,5-6,9,12-14,17-18H2,1H3. The molecule has 3 unspecified atom stereocenters. The van der Waals surface area contributed by atoms with Crippen molar-refractivity contribution in [2.24, 2.45) is 5.92 Å². The minimum atomic E-state index is -0.280. The van der Waals surface area contributed by atoms with Gasteiger partial charge in [-0.15, -0.1) is 0 Å². The first-order valence-corrected chi connectivity index (χ1v) is 10.4. The average Bonchev–Trinajstić information content (AvgIpc) is 3.23. The predicted molar refractivity (Wildman–Crippen MR) is 109 cm³/mol. The third kappa shape index (κ3) is 3.96. The average molecular weight is 366 g/mol. The van der Waals surface area contributed by atoms with Gasteiger partial charge in [-0.25, -0.2) is 0 Å². The molecule has 3 heterocycles. The van der Waals surface area contributed by atoms with Gasteiger partial charge in [0.1, 0.15) is 6.04 Å². The van der Waals surface area contributed by atoms with Crippen molar-refractivity contribution in [3.63, 3.8) is 0 Å². The Morgan fingerprint density at radius 3 is 2.56 bits per heavy atom. The molecule has 2 fully saturated rings. The molecule has 0 aliphatic carbocycles. The van der Waals surface area contributed by atoms with Gasteiger partial charge in [0.05, 0.1) is 0 Å². The molecule has 2 aromatic rings. The lowest BCUT2D eigenvalue weighted by Crippen LogP contribution is -2.51. The zero-order valence-corrected chi connectivity index (χ0v) is 16.3. The van der Waals surface area contributed by atoms with E-state index in [1.165, 1.54) is 45.2 Å². The molecule has 4 nitrogen and oxygen atoms in total. The van der Waals surface area contributed by atoms with Crippen LogP contribution in [0, 0.1) is 5.92 Å². The number of carbonyl (C=O) groups is 1. The number of piperidine rings is 2. The molecule has 2 aliphatic heterocycles. The number of carbonyl (C=O) groups excluding carboxylic acids is 1. The Kier molecular flexibility index (Phi) is 5.63. The Bertz CT molecular complexity index is 725. The molecule has 1 amide bonds. The van der Waals surface area contributed by atoms with E-state index in [0.29, 0.717) is 12.0 Å². The van der Waals surface area contributed by atoms with Crippen molar-refractivity contribution in [1.29, 1.82) is 0 Å². The molecule has 27 heavy (non-hydrogen) atoms. The van der Waals surface area contributed by atoms with Crippen molar-refractivity contribution in [3.8, 4) is 0 Å². The molecule has 1 aromatic carbocycles. The van der Waals surface area contributed by atoms with Crippen LogP contribution >= 0.6 is 0 Å². The zero-order chi connectivity index (χ0) is 18.6. The van der Waals surface area contributed by atoms with Crippen LogP contribution in [0.15, 0.2) is 54.9 Å². The maximum atomic E-state index is 13.5. The quantitative estimate of drug-likeness (QED) is 0.806. The van der Waals surface area contributed by atoms with E-state index >= 15 is 0 Å². The Morgan fingerprint density at radius 1 is 1.04 bits per heavy atom. The topological polar surface area (TPSA) is 28.5 Å². The van der Waals surface area contributed by atoms with Crippen molar-refractivity contribution in [2.45, 2.75) is 44.2 Å². The smallest absolute Gasteiger partial charge is 0.250 e. The second-order valence-electron chi connectivity index (χ2n) is 8.16. The molecule has 0 spiro atoms. The predicted octanol–water partition coefficient (Wildman–Crippen LogP) is 3.80. The summed E-state index contributed by atoms with van der Waals surface area (Å²) in [5.74, 6) is 0.791. The molecule has 0 radical (unpaired) electrons. The molecule has 4 rings (SSSR count). The van der Waals surface area contributed by atoms with E-state index in [0.717, 1.165) is 12.1 Å². The van der Waals surface area contributed by atoms with Gasteiger partial charge < -0.3 is 14.4 Å². The molecular weight excluding hydrogens is 334 g/mol. The Hall–Kier alpha value is -2.07. The van der Waals surface area contributed by atoms with Crippen LogP contribution in [0.2, 0.25) is 0 Å². The third-order valence-electron chi connectivity index (χ3n) is 6.39. The lowest BCUT2D eigenvalue weighted by atomic mass is 9.83. The molecule has 2 aliphatic rings. The third-order valence-corrected chi connectivity index (χ3v) is 6.39. The summed E-state index contributed by atoms with van der Waals surface area (Å²) >= 11 is 0. The molecule has 4 heteroatoms. The normalized spacial score (nSPS) is 24.2. The molecule has 2 saturated heterocycles. The summed E-state index contributed by atoms with van der Waals surface area (Å²) in [6.45, 7) is 3.36. The maximum absolute atomic E-state index is 13.5. The highest BCUT2D eigenvalue weighted by molar-refractivity contribution is 5.83. The summed E-state index contributed by atoms with van der Waals surface area (Å²) < 4.78 is 2.03. The lowest BCUT2D eigenvalue weighted by molar-refractivity contribution is -0.133. The minimum Gasteiger partial charge on any atom is -0.343 e. The summed E-state index contributed by atoms with van der Waals surface area (Å²) in [5, 5.41) is 0. The highest BCUT2D eigenvalue weighted by Crippen LogP contribution is 2.32. The maximum Gasteiger partial charge on any atom is 0.250 e. The fourth-order valence-corrected chi connectivity index (χ4v) is 5.04. The zero-order valence-electron chi connectivity index (χ0n) is 16.3. The van der Waals surface area contributed by atoms with Crippen molar-refractivity contribution in [2.75, 3.05) is 26.7 Å². The molecule has 0 bridgehead atoms. The summed E-state index contributed by atoms with van der Waals surface area (Å²) in [7, 11) is 1.99. The lowest BCUT2D eigenvalue weighted by Gasteiger charge is -2.45. The minimum absolute atomic E-state index is 0.185. The van der Waals surface area contributed by atoms with Crippen molar-refractivity contribution >= 4 is 5.91 Å². The van der Waals surface area contributed by atoms with E-state index in [1.807, 2.05) is 59.2 Å². The second-order valence-corrected chi connectivity index (χ2v) is 8.16. The Morgan fingerprint density at radius 2 is 1.78 bits per heavy atom. The molecule has 144 valence electrons. The number of fused-ring (bicyclic) bond motifs is 1. The van der Waals surface area contributed by atoms with Gasteiger partial charge in [-0.1, -0.05) is 36.8 Å². The number of rotatable bonds is 5. The molecule has 0 saturated carbocycles. The number of hydrogen-bond acceptors (Lipinski definition) is 2. The van der Waals surface area contributed by atoms with Crippen molar-refractivity contribution < 1.29 is 4.79 Å². The molecule has 1 aromatic heterocycles. The summed E-state index contributed by atoms with van der Waals surface area (Å²) in [5.41, 5.74) is 1.05. The second kappa shape index (κ2) is 8.30. The molecule has 3 atom stereocenters. The SMILES string of the molecule is CN(CC1CCCN2CCCCC12)C(=O)C(c1ccccc1)n1cccc1. The number of nitrogens with zero attached hydrogens (tertiary/aromatic N) is 3. The largest absolute Gasteiger partial charge is 0.343 e. The number of amides is 1. The van der Waals surface area contributed by atoms with Gasteiger partial charge in [0.15, 0.2) is 0 Å². The number of likely N-dealkylation sites (N-methyl/N-ethyl adjacent to an activating group) is 1. The molecule has 0 N–H and O–H groups in total. The van der Waals surface area contributed by atoms with Gasteiger partial charge in [-0.2, -0.15) is 0 Å². The number of benzene rings is 1. The van der Waals surface area contributed by atoms with E-state index in [9.17, 15) is 4.79 Å². The van der Waals surface area contributed by atoms with E-state index < -0.39 is 0 Å². The van der Waals surface area contributed by atoms with Gasteiger partial charge in [-0.3, -0.25) is 4.79 Å². The van der Waals surface area contributed by atoms with Crippen molar-refractivity contribution in [1.82, 2.24) is 14.4 Å². The Balaban J connectivity index is 1.51. The van der Waals surface area contributed by atoms with Gasteiger partial charge in [0, 0.05) is 32.0 Å². The van der Waals surface area contributed by atoms with Crippen LogP contribution in [0.5, 0.6) is 0 Å². The van der Waals surface area contributed by atoms with E-state index in [-0.39, 0.29) is 11.9 Å². The summed E-state index contributed by atoms with van der Waals surface area (Å²) in [4.78, 5) is 18.1. The highest BCUT2D eigenvalue weighted by atomic mass is 16.2. The van der Waals surface area contributed by atoms with Gasteiger partial charge >= 0.3 is 0 Å². The van der Waals surface area contributed by atoms with Crippen LogP contribution in [0.25, 0.3) is 0 Å². The van der Waals surface area contributed by atoms with Gasteiger partial charge in [-0.05, 0) is 62.4 Å². The summed E-state index contributed by atoms with van der Waals surface area (Å²) in [6.07, 6.45) is 10.5. The van der Waals surface area contributed by atoms with Crippen LogP contribution < -0.4 is 0 Å². The molecular formula is C23H31N3O. The van der Waals surface area contributed by atoms with E-state index in [1.54, 1.807) is 0 Å². The van der Waals surface area contributed by atoms with Crippen LogP contribution in [-0.4, -0.2) is 53.0 Å². The first-order chi connectivity index (χ1) is 13.2. The fraction of sp³-hybridized carbons (Fsp3) is 0.522. The van der Waals surface area contributed by atoms with Crippen LogP contribution in [0.4, 0.5) is 0 Å². The first-order valence-electron chi connectivity index (χ1n) is 10.4. The number of aromatic nitrogens is 1.